The van der Waals surface area contributed by atoms with E-state index < -0.39 is 0 Å². The van der Waals surface area contributed by atoms with Gasteiger partial charge < -0.3 is 89.1 Å². The minimum absolute atomic E-state index is 0. The van der Waals surface area contributed by atoms with Gasteiger partial charge >= 0.3 is 18.1 Å². The normalized spacial score (nSPS) is 23.5. The monoisotopic (exact) mass is 759 g/mol. The molecule has 3 unspecified atom stereocenters. The molecule has 0 aromatic rings. The van der Waals surface area contributed by atoms with Gasteiger partial charge in [0.05, 0.1) is 21.1 Å². The van der Waals surface area contributed by atoms with E-state index in [0.29, 0.717) is 14.7 Å². The molecule has 3 aliphatic rings. The molecule has 0 aromatic carbocycles. The second kappa shape index (κ2) is 16.4. The number of amidine groups is 3. The van der Waals surface area contributed by atoms with Crippen molar-refractivity contribution in [1.29, 1.82) is 0 Å². The van der Waals surface area contributed by atoms with Gasteiger partial charge in [-0.05, 0) is 0 Å². The number of amides is 6. The van der Waals surface area contributed by atoms with Crippen LogP contribution in [0.1, 0.15) is 0 Å². The first-order chi connectivity index (χ1) is 12.6. The fourth-order valence-electron chi connectivity index (χ4n) is 1.57. The van der Waals surface area contributed by atoms with Crippen molar-refractivity contribution in [1.82, 2.24) is 0 Å². The zero-order valence-corrected chi connectivity index (χ0v) is 22.9. The molecule has 0 saturated heterocycles. The predicted molar refractivity (Wildman–Crippen MR) is 99.1 cm³/mol. The summed E-state index contributed by atoms with van der Waals surface area (Å²) in [6, 6.07) is -0.722. The molecule has 3 rings (SSSR count). The minimum atomic E-state index is -0.241. The van der Waals surface area contributed by atoms with Crippen molar-refractivity contribution < 1.29 is 101 Å². The van der Waals surface area contributed by atoms with Gasteiger partial charge in [0, 0.05) is 18.2 Å². The number of halogens is 3. The van der Waals surface area contributed by atoms with E-state index in [4.69, 9.17) is 17.2 Å². The molecule has 0 aliphatic carbocycles. The molecular formula is C15H24I3N9O3. The van der Waals surface area contributed by atoms with Crippen LogP contribution in [0.4, 0.5) is 14.4 Å². The summed E-state index contributed by atoms with van der Waals surface area (Å²) < 4.78 is 0. The lowest BCUT2D eigenvalue weighted by atomic mass is 10.5. The van der Waals surface area contributed by atoms with Crippen molar-refractivity contribution in [2.75, 3.05) is 21.1 Å². The van der Waals surface area contributed by atoms with Gasteiger partial charge in [-0.15, -0.1) is 15.0 Å². The highest BCUT2D eigenvalue weighted by atomic mass is 127. The zero-order chi connectivity index (χ0) is 20.6. The van der Waals surface area contributed by atoms with Crippen molar-refractivity contribution in [3.05, 3.63) is 36.8 Å². The maximum Gasteiger partial charge on any atom is 0.447 e. The molecule has 0 fully saturated rings. The molecule has 3 aliphatic heterocycles. The van der Waals surface area contributed by atoms with Crippen molar-refractivity contribution >= 4 is 35.6 Å². The fraction of sp³-hybridized carbons (Fsp3) is 0.200. The summed E-state index contributed by atoms with van der Waals surface area (Å²) in [5.74, 6) is 0.849. The molecule has 0 saturated carbocycles. The molecule has 3 atom stereocenters. The highest BCUT2D eigenvalue weighted by Crippen LogP contribution is 1.79. The van der Waals surface area contributed by atoms with E-state index in [9.17, 15) is 14.4 Å². The Morgan fingerprint density at radius 2 is 0.767 bits per heavy atom. The smallest absolute Gasteiger partial charge is 0.447 e. The number of nitrogens with two attached hydrogens (primary N) is 3. The fourth-order valence-corrected chi connectivity index (χ4v) is 1.57. The van der Waals surface area contributed by atoms with Gasteiger partial charge in [0.2, 0.25) is 0 Å². The van der Waals surface area contributed by atoms with Gasteiger partial charge in [-0.1, -0.05) is 0 Å². The SMILES string of the molecule is C[NH+]1C=CC(N)=NC1=O.C[NH+]1C=CC(N)=NC1=O.C[NH+]1C=CC(N)=NC1=O.[I-].[I-].[I-]. The van der Waals surface area contributed by atoms with Crippen LogP contribution in [0.5, 0.6) is 0 Å². The van der Waals surface area contributed by atoms with E-state index in [2.05, 4.69) is 15.0 Å². The standard InChI is InChI=1S/3C5H7N3O.3HI/c3*1-8-3-2-4(6)7-5(8)9;;;/h3*2-3H,1H3,(H2,6,7,9);3*1H. The molecule has 0 aromatic heterocycles. The van der Waals surface area contributed by atoms with Crippen LogP contribution in [0.2, 0.25) is 0 Å². The molecule has 15 heteroatoms. The van der Waals surface area contributed by atoms with Crippen LogP contribution in [0, 0.1) is 0 Å². The number of urea groups is 3. The highest BCUT2D eigenvalue weighted by molar-refractivity contribution is 5.99. The second-order valence-electron chi connectivity index (χ2n) is 5.57. The first-order valence-corrected chi connectivity index (χ1v) is 7.80. The molecule has 12 nitrogen and oxygen atoms in total. The first-order valence-electron chi connectivity index (χ1n) is 7.80. The lowest BCUT2D eigenvalue weighted by molar-refractivity contribution is -0.731. The summed E-state index contributed by atoms with van der Waals surface area (Å²) in [6.45, 7) is 0. The summed E-state index contributed by atoms with van der Waals surface area (Å²) in [5, 5.41) is 0. The van der Waals surface area contributed by atoms with Gasteiger partial charge in [0.15, 0.2) is 0 Å². The lowest BCUT2D eigenvalue weighted by Crippen LogP contribution is -3.07. The molecule has 6 amide bonds. The van der Waals surface area contributed by atoms with Crippen LogP contribution in [-0.2, 0) is 0 Å². The molecule has 0 bridgehead atoms. The summed E-state index contributed by atoms with van der Waals surface area (Å²) in [4.78, 5) is 44.3. The molecule has 9 N–H and O–H groups in total. The number of nitrogens with zero attached hydrogens (tertiary/aromatic N) is 3. The third kappa shape index (κ3) is 12.4. The average molecular weight is 759 g/mol. The van der Waals surface area contributed by atoms with Crippen molar-refractivity contribution in [3.63, 3.8) is 0 Å². The summed E-state index contributed by atoms with van der Waals surface area (Å²) in [5.41, 5.74) is 15.6. The van der Waals surface area contributed by atoms with Crippen molar-refractivity contribution in [2.24, 2.45) is 32.2 Å². The van der Waals surface area contributed by atoms with E-state index in [1.54, 1.807) is 58.0 Å². The Balaban J connectivity index is -0.000000347. The van der Waals surface area contributed by atoms with E-state index in [1.165, 1.54) is 0 Å². The number of aliphatic imine (C=N–C) groups is 3. The van der Waals surface area contributed by atoms with Crippen molar-refractivity contribution in [3.8, 4) is 0 Å². The largest absolute Gasteiger partial charge is 1.00 e. The second-order valence-corrected chi connectivity index (χ2v) is 5.57. The maximum atomic E-state index is 10.6. The van der Waals surface area contributed by atoms with E-state index in [1.807, 2.05) is 0 Å². The number of hydrogen-bond donors (Lipinski definition) is 6. The third-order valence-electron chi connectivity index (χ3n) is 3.22. The summed E-state index contributed by atoms with van der Waals surface area (Å²) >= 11 is 0. The van der Waals surface area contributed by atoms with Crippen LogP contribution < -0.4 is 104 Å². The van der Waals surface area contributed by atoms with Gasteiger partial charge in [-0.25, -0.2) is 29.1 Å². The zero-order valence-electron chi connectivity index (χ0n) is 16.4. The predicted octanol–water partition coefficient (Wildman–Crippen LogP) is -13.5. The topological polar surface area (TPSA) is 180 Å². The van der Waals surface area contributed by atoms with E-state index in [-0.39, 0.29) is 108 Å². The number of rotatable bonds is 0. The summed E-state index contributed by atoms with van der Waals surface area (Å²) in [7, 11) is 5.11. The number of quaternary nitrogens is 3. The van der Waals surface area contributed by atoms with Gasteiger partial charge in [0.25, 0.3) is 0 Å². The quantitative estimate of drug-likeness (QED) is 0.134. The Morgan fingerprint density at radius 3 is 0.900 bits per heavy atom. The molecular weight excluding hydrogens is 735 g/mol. The summed E-state index contributed by atoms with van der Waals surface area (Å²) in [6.07, 6.45) is 9.80. The Bertz CT molecular complexity index is 702. The van der Waals surface area contributed by atoms with Crippen LogP contribution in [0.3, 0.4) is 0 Å². The van der Waals surface area contributed by atoms with Crippen LogP contribution >= 0.6 is 0 Å². The highest BCUT2D eigenvalue weighted by Gasteiger charge is 2.15. The third-order valence-corrected chi connectivity index (χ3v) is 3.22. The minimum Gasteiger partial charge on any atom is -1.00 e. The first kappa shape index (κ1) is 33.4. The van der Waals surface area contributed by atoms with Gasteiger partial charge in [0.1, 0.15) is 36.1 Å². The molecule has 30 heavy (non-hydrogen) atoms. The molecule has 168 valence electrons. The van der Waals surface area contributed by atoms with E-state index in [0.717, 1.165) is 0 Å². The van der Waals surface area contributed by atoms with E-state index >= 15 is 0 Å². The Hall–Kier alpha value is -1.29. The number of nitrogens with one attached hydrogen (secondary N) is 3. The van der Waals surface area contributed by atoms with Gasteiger partial charge in [-0.3, -0.25) is 0 Å². The Morgan fingerprint density at radius 1 is 0.567 bits per heavy atom. The average Bonchev–Trinajstić information content (AvgIpc) is 2.60. The molecule has 3 heterocycles. The van der Waals surface area contributed by atoms with Crippen LogP contribution in [-0.4, -0.2) is 56.7 Å². The number of carbonyl (C=O) groups is 3. The van der Waals surface area contributed by atoms with Crippen LogP contribution in [0.15, 0.2) is 51.8 Å². The Labute approximate surface area is 225 Å². The van der Waals surface area contributed by atoms with Crippen LogP contribution in [0.25, 0.3) is 0 Å². The maximum absolute atomic E-state index is 10.6. The number of carbonyl (C=O) groups excluding carboxylic acids is 3. The molecule has 0 spiro atoms. The van der Waals surface area contributed by atoms with Crippen molar-refractivity contribution in [2.45, 2.75) is 0 Å². The van der Waals surface area contributed by atoms with Gasteiger partial charge in [-0.2, -0.15) is 0 Å². The molecule has 0 radical (unpaired) electrons. The lowest BCUT2D eigenvalue weighted by Gasteiger charge is -2.04. The Kier molecular flexibility index (Phi) is 18.2. The number of hydrogen-bond acceptors (Lipinski definition) is 6.